The molecule has 0 unspecified atom stereocenters. The summed E-state index contributed by atoms with van der Waals surface area (Å²) in [6.07, 6.45) is -0.728. The number of hydrogen-bond acceptors (Lipinski definition) is 10. The van der Waals surface area contributed by atoms with Crippen molar-refractivity contribution in [1.82, 2.24) is 0 Å². The molecule has 38 heavy (non-hydrogen) atoms. The van der Waals surface area contributed by atoms with Crippen LogP contribution in [0.5, 0.6) is 11.5 Å². The van der Waals surface area contributed by atoms with E-state index in [0.717, 1.165) is 5.56 Å². The van der Waals surface area contributed by atoms with Gasteiger partial charge in [0.25, 0.3) is 5.97 Å². The fraction of sp³-hybridized carbons (Fsp3) is 0.714. The summed E-state index contributed by atoms with van der Waals surface area (Å²) in [5.74, 6) is -2.00. The highest BCUT2D eigenvalue weighted by Gasteiger charge is 2.82. The second-order valence-corrected chi connectivity index (χ2v) is 12.2. The molecule has 1 aromatic rings. The van der Waals surface area contributed by atoms with Gasteiger partial charge in [0.1, 0.15) is 46.6 Å². The summed E-state index contributed by atoms with van der Waals surface area (Å²) < 4.78 is 43.0. The molecule has 2 bridgehead atoms. The summed E-state index contributed by atoms with van der Waals surface area (Å²) in [4.78, 5) is 25.5. The topological polar surface area (TPSA) is 119 Å². The number of methoxy groups -OCH3 is 2. The fourth-order valence-corrected chi connectivity index (χ4v) is 8.68. The second-order valence-electron chi connectivity index (χ2n) is 12.2. The molecule has 4 heterocycles. The first-order chi connectivity index (χ1) is 17.7. The predicted octanol–water partition coefficient (Wildman–Crippen LogP) is 3.47. The lowest BCUT2D eigenvalue weighted by molar-refractivity contribution is -0.396. The van der Waals surface area contributed by atoms with Crippen molar-refractivity contribution < 1.29 is 47.9 Å². The van der Waals surface area contributed by atoms with Gasteiger partial charge in [-0.2, -0.15) is 0 Å². The Balaban J connectivity index is 1.64. The van der Waals surface area contributed by atoms with Crippen LogP contribution in [0.25, 0.3) is 0 Å². The maximum atomic E-state index is 12.8. The van der Waals surface area contributed by atoms with E-state index < -0.39 is 58.3 Å². The van der Waals surface area contributed by atoms with E-state index in [1.165, 1.54) is 21.1 Å². The minimum absolute atomic E-state index is 0.104. The van der Waals surface area contributed by atoms with Crippen LogP contribution in [0.3, 0.4) is 0 Å². The van der Waals surface area contributed by atoms with Gasteiger partial charge in [-0.3, -0.25) is 4.79 Å². The van der Waals surface area contributed by atoms with Crippen molar-refractivity contribution in [3.8, 4) is 11.5 Å². The minimum atomic E-state index is -1.29. The smallest absolute Gasteiger partial charge is 0.342 e. The van der Waals surface area contributed by atoms with Crippen molar-refractivity contribution in [2.75, 3.05) is 14.2 Å². The van der Waals surface area contributed by atoms with E-state index in [4.69, 9.17) is 33.2 Å². The van der Waals surface area contributed by atoms with Crippen LogP contribution in [0.4, 0.5) is 0 Å². The van der Waals surface area contributed by atoms with Gasteiger partial charge in [-0.05, 0) is 39.7 Å². The Kier molecular flexibility index (Phi) is 5.18. The van der Waals surface area contributed by atoms with Crippen molar-refractivity contribution in [3.63, 3.8) is 0 Å². The zero-order valence-corrected chi connectivity index (χ0v) is 23.2. The molecule has 10 heteroatoms. The molecule has 7 atom stereocenters. The van der Waals surface area contributed by atoms with Crippen molar-refractivity contribution in [3.05, 3.63) is 22.3 Å². The largest absolute Gasteiger partial charge is 0.495 e. The molecule has 10 nitrogen and oxygen atoms in total. The van der Waals surface area contributed by atoms with Gasteiger partial charge in [-0.15, -0.1) is 0 Å². The van der Waals surface area contributed by atoms with E-state index in [2.05, 4.69) is 0 Å². The quantitative estimate of drug-likeness (QED) is 0.580. The Labute approximate surface area is 221 Å². The average molecular weight is 533 g/mol. The number of benzene rings is 1. The number of carbonyl (C=O) groups excluding carboxylic acids is 2. The summed E-state index contributed by atoms with van der Waals surface area (Å²) in [5.41, 5.74) is -1.73. The first kappa shape index (κ1) is 25.9. The zero-order valence-electron chi connectivity index (χ0n) is 23.2. The number of ether oxygens (including phenoxy) is 7. The maximum Gasteiger partial charge on any atom is 0.342 e. The Morgan fingerprint density at radius 1 is 1.11 bits per heavy atom. The molecule has 6 rings (SSSR count). The predicted molar refractivity (Wildman–Crippen MR) is 131 cm³/mol. The molecule has 2 saturated heterocycles. The first-order valence-corrected chi connectivity index (χ1v) is 13.1. The third-order valence-corrected chi connectivity index (χ3v) is 9.93. The van der Waals surface area contributed by atoms with E-state index >= 15 is 0 Å². The SMILES string of the molecule is COc1c2c(c(C)c3c1[C@@H](OC(C)=O)[C@H]1[C@](C)(C[C@@H](O)[C@]45O[C@](OC)(CC[C@]14C)OC5(C)C)O3)COC2=O. The van der Waals surface area contributed by atoms with Crippen LogP contribution < -0.4 is 9.47 Å². The molecule has 5 aliphatic rings. The summed E-state index contributed by atoms with van der Waals surface area (Å²) >= 11 is 0. The third-order valence-electron chi connectivity index (χ3n) is 9.93. The fourth-order valence-electron chi connectivity index (χ4n) is 8.68. The van der Waals surface area contributed by atoms with Crippen molar-refractivity contribution in [2.45, 2.75) is 102 Å². The number of fused-ring (bicyclic) bond motifs is 5. The molecule has 1 aromatic carbocycles. The lowest BCUT2D eigenvalue weighted by atomic mass is 9.45. The highest BCUT2D eigenvalue weighted by Crippen LogP contribution is 2.73. The van der Waals surface area contributed by atoms with Gasteiger partial charge in [-0.25, -0.2) is 4.79 Å². The van der Waals surface area contributed by atoms with Crippen LogP contribution in [-0.4, -0.2) is 60.1 Å². The molecule has 0 radical (unpaired) electrons. The average Bonchev–Trinajstić information content (AvgIpc) is 3.31. The van der Waals surface area contributed by atoms with Gasteiger partial charge in [0.05, 0.1) is 18.8 Å². The summed E-state index contributed by atoms with van der Waals surface area (Å²) in [5, 5.41) is 11.9. The van der Waals surface area contributed by atoms with E-state index in [0.29, 0.717) is 35.3 Å². The normalized spacial score (nSPS) is 41.7. The number of rotatable bonds is 3. The minimum Gasteiger partial charge on any atom is -0.495 e. The van der Waals surface area contributed by atoms with Gasteiger partial charge in [0, 0.05) is 43.8 Å². The van der Waals surface area contributed by atoms with Crippen LogP contribution in [0.1, 0.15) is 87.0 Å². The molecule has 1 spiro atoms. The van der Waals surface area contributed by atoms with Crippen molar-refractivity contribution in [1.29, 1.82) is 0 Å². The maximum absolute atomic E-state index is 12.8. The lowest BCUT2D eigenvalue weighted by Gasteiger charge is -2.67. The molecule has 1 N–H and O–H groups in total. The van der Waals surface area contributed by atoms with E-state index in [-0.39, 0.29) is 18.8 Å². The Morgan fingerprint density at radius 2 is 1.82 bits per heavy atom. The number of hydrogen-bond donors (Lipinski definition) is 1. The second kappa shape index (κ2) is 7.62. The van der Waals surface area contributed by atoms with Crippen LogP contribution in [-0.2, 0) is 35.1 Å². The molecule has 3 fully saturated rings. The third kappa shape index (κ3) is 2.82. The van der Waals surface area contributed by atoms with Gasteiger partial charge in [0.15, 0.2) is 0 Å². The summed E-state index contributed by atoms with van der Waals surface area (Å²) in [6.45, 7) is 11.1. The lowest BCUT2D eigenvalue weighted by Crippen LogP contribution is -2.77. The van der Waals surface area contributed by atoms with E-state index in [1.54, 1.807) is 0 Å². The first-order valence-electron chi connectivity index (χ1n) is 13.1. The summed E-state index contributed by atoms with van der Waals surface area (Å²) in [6, 6.07) is 0. The van der Waals surface area contributed by atoms with E-state index in [9.17, 15) is 14.7 Å². The van der Waals surface area contributed by atoms with Gasteiger partial charge in [-0.1, -0.05) is 6.92 Å². The molecule has 0 amide bonds. The number of carbonyl (C=O) groups is 2. The van der Waals surface area contributed by atoms with E-state index in [1.807, 2.05) is 34.6 Å². The molecular formula is C28H36O10. The van der Waals surface area contributed by atoms with Crippen LogP contribution in [0, 0.1) is 18.3 Å². The molecule has 4 aliphatic heterocycles. The highest BCUT2D eigenvalue weighted by molar-refractivity contribution is 5.98. The van der Waals surface area contributed by atoms with Crippen LogP contribution >= 0.6 is 0 Å². The number of cyclic esters (lactones) is 1. The number of esters is 2. The summed E-state index contributed by atoms with van der Waals surface area (Å²) in [7, 11) is 3.01. The highest BCUT2D eigenvalue weighted by atomic mass is 16.9. The Morgan fingerprint density at radius 3 is 2.45 bits per heavy atom. The van der Waals surface area contributed by atoms with Gasteiger partial charge >= 0.3 is 11.9 Å². The Bertz CT molecular complexity index is 1260. The molecular weight excluding hydrogens is 496 g/mol. The number of aliphatic hydroxyl groups is 1. The van der Waals surface area contributed by atoms with Gasteiger partial charge < -0.3 is 38.3 Å². The molecule has 208 valence electrons. The zero-order chi connectivity index (χ0) is 27.6. The monoisotopic (exact) mass is 532 g/mol. The molecule has 0 aromatic heterocycles. The van der Waals surface area contributed by atoms with Crippen molar-refractivity contribution >= 4 is 11.9 Å². The molecule has 1 aliphatic carbocycles. The van der Waals surface area contributed by atoms with Crippen molar-refractivity contribution in [2.24, 2.45) is 11.3 Å². The van der Waals surface area contributed by atoms with Crippen LogP contribution in [0.15, 0.2) is 0 Å². The Hall–Kier alpha value is -2.40. The van der Waals surface area contributed by atoms with Gasteiger partial charge in [0.2, 0.25) is 0 Å². The standard InChI is InChI=1S/C28H36O10/c1-13-15-12-34-23(31)17(15)20(32-7)18-19(13)36-26(6)11-16(30)28-24(3,4)37-27(33-8,38-28)10-9-25(28,5)22(26)21(18)35-14(2)29/h16,21-22,30H,9-12H2,1-8H3/t16-,21-,22-,25-,26+,27+,28-/m1/s1. The number of aliphatic hydroxyl groups excluding tert-OH is 1. The molecule has 1 saturated carbocycles. The van der Waals surface area contributed by atoms with Crippen LogP contribution in [0.2, 0.25) is 0 Å².